The molecule has 2 heterocycles. The monoisotopic (exact) mass is 316 g/mol. The molecular formula is C16H16N2O3S. The van der Waals surface area contributed by atoms with Crippen LogP contribution in [-0.4, -0.2) is 23.1 Å². The molecule has 3 rings (SSSR count). The maximum atomic E-state index is 12.6. The van der Waals surface area contributed by atoms with Crippen molar-refractivity contribution in [1.29, 1.82) is 0 Å². The third-order valence-electron chi connectivity index (χ3n) is 3.79. The minimum atomic E-state index is -1.14. The molecule has 0 spiro atoms. The molecule has 5 nitrogen and oxygen atoms in total. The normalized spacial score (nSPS) is 21.3. The zero-order valence-electron chi connectivity index (χ0n) is 12.3. The Morgan fingerprint density at radius 3 is 2.55 bits per heavy atom. The Morgan fingerprint density at radius 2 is 1.95 bits per heavy atom. The van der Waals surface area contributed by atoms with Crippen molar-refractivity contribution in [3.05, 3.63) is 54.0 Å². The quantitative estimate of drug-likeness (QED) is 0.696. The van der Waals surface area contributed by atoms with Crippen molar-refractivity contribution in [2.24, 2.45) is 0 Å². The van der Waals surface area contributed by atoms with Crippen LogP contribution in [0.2, 0.25) is 0 Å². The summed E-state index contributed by atoms with van der Waals surface area (Å²) in [6.07, 6.45) is 3.49. The van der Waals surface area contributed by atoms with Gasteiger partial charge in [0.25, 0.3) is 5.91 Å². The number of nitrogens with one attached hydrogen (secondary N) is 1. The van der Waals surface area contributed by atoms with Gasteiger partial charge in [0, 0.05) is 4.90 Å². The van der Waals surface area contributed by atoms with Crippen molar-refractivity contribution in [2.45, 2.75) is 23.9 Å². The minimum absolute atomic E-state index is 0.246. The molecule has 1 saturated heterocycles. The zero-order chi connectivity index (χ0) is 15.7. The van der Waals surface area contributed by atoms with Crippen LogP contribution in [0.3, 0.4) is 0 Å². The molecule has 1 aromatic heterocycles. The molecule has 2 aromatic rings. The van der Waals surface area contributed by atoms with Gasteiger partial charge < -0.3 is 9.73 Å². The van der Waals surface area contributed by atoms with E-state index in [4.69, 9.17) is 4.42 Å². The molecule has 114 valence electrons. The van der Waals surface area contributed by atoms with Crippen LogP contribution in [0, 0.1) is 0 Å². The molecule has 0 unspecified atom stereocenters. The van der Waals surface area contributed by atoms with Crippen molar-refractivity contribution in [1.82, 2.24) is 10.2 Å². The van der Waals surface area contributed by atoms with Gasteiger partial charge in [-0.05, 0) is 43.0 Å². The van der Waals surface area contributed by atoms with Gasteiger partial charge >= 0.3 is 6.03 Å². The maximum absolute atomic E-state index is 12.6. The van der Waals surface area contributed by atoms with Gasteiger partial charge in [0.15, 0.2) is 5.54 Å². The number of benzene rings is 1. The molecule has 3 amide bonds. The molecule has 1 N–H and O–H groups in total. The SMILES string of the molecule is CSc1ccc(CN2C(=O)N[C@](C)(c3ccco3)C2=O)cc1. The summed E-state index contributed by atoms with van der Waals surface area (Å²) < 4.78 is 5.30. The van der Waals surface area contributed by atoms with E-state index in [0.717, 1.165) is 10.5 Å². The fourth-order valence-corrected chi connectivity index (χ4v) is 2.89. The Morgan fingerprint density at radius 1 is 1.23 bits per heavy atom. The standard InChI is InChI=1S/C16H16N2O3S/c1-16(13-4-3-9-21-13)14(19)18(15(20)17-16)10-11-5-7-12(22-2)8-6-11/h3-9H,10H2,1-2H3,(H,17,20)/t16-/m1/s1. The smallest absolute Gasteiger partial charge is 0.325 e. The second-order valence-corrected chi connectivity index (χ2v) is 6.15. The van der Waals surface area contributed by atoms with E-state index >= 15 is 0 Å². The van der Waals surface area contributed by atoms with Crippen molar-refractivity contribution >= 4 is 23.7 Å². The van der Waals surface area contributed by atoms with E-state index in [2.05, 4.69) is 5.32 Å². The number of thioether (sulfide) groups is 1. The number of carbonyl (C=O) groups is 2. The lowest BCUT2D eigenvalue weighted by atomic mass is 9.99. The molecule has 1 aromatic carbocycles. The fraction of sp³-hybridized carbons (Fsp3) is 0.250. The summed E-state index contributed by atoms with van der Waals surface area (Å²) in [4.78, 5) is 27.2. The number of carbonyl (C=O) groups excluding carboxylic acids is 2. The summed E-state index contributed by atoms with van der Waals surface area (Å²) in [6, 6.07) is 10.8. The number of furan rings is 1. The van der Waals surface area contributed by atoms with E-state index in [-0.39, 0.29) is 12.5 Å². The third-order valence-corrected chi connectivity index (χ3v) is 4.53. The highest BCUT2D eigenvalue weighted by atomic mass is 32.2. The summed E-state index contributed by atoms with van der Waals surface area (Å²) >= 11 is 1.65. The molecule has 0 saturated carbocycles. The largest absolute Gasteiger partial charge is 0.466 e. The summed E-state index contributed by atoms with van der Waals surface area (Å²) in [5.74, 6) is 0.132. The highest BCUT2D eigenvalue weighted by molar-refractivity contribution is 7.98. The van der Waals surface area contributed by atoms with Crippen LogP contribution in [0.1, 0.15) is 18.2 Å². The molecule has 0 radical (unpaired) electrons. The number of hydrogen-bond acceptors (Lipinski definition) is 4. The first-order valence-corrected chi connectivity index (χ1v) is 8.08. The van der Waals surface area contributed by atoms with Crippen LogP contribution in [0.25, 0.3) is 0 Å². The fourth-order valence-electron chi connectivity index (χ4n) is 2.48. The molecule has 6 heteroatoms. The average molecular weight is 316 g/mol. The molecule has 1 aliphatic heterocycles. The topological polar surface area (TPSA) is 62.6 Å². The van der Waals surface area contributed by atoms with Crippen molar-refractivity contribution in [2.75, 3.05) is 6.26 Å². The first-order valence-electron chi connectivity index (χ1n) is 6.85. The van der Waals surface area contributed by atoms with Gasteiger partial charge in [0.05, 0.1) is 12.8 Å². The van der Waals surface area contributed by atoms with E-state index in [1.54, 1.807) is 30.8 Å². The van der Waals surface area contributed by atoms with E-state index in [1.165, 1.54) is 11.2 Å². The van der Waals surface area contributed by atoms with Gasteiger partial charge in [0.1, 0.15) is 5.76 Å². The van der Waals surface area contributed by atoms with Crippen LogP contribution in [0.5, 0.6) is 0 Å². The summed E-state index contributed by atoms with van der Waals surface area (Å²) in [5, 5.41) is 2.71. The summed E-state index contributed by atoms with van der Waals surface area (Å²) in [6.45, 7) is 1.90. The number of urea groups is 1. The zero-order valence-corrected chi connectivity index (χ0v) is 13.1. The Bertz CT molecular complexity index is 697. The van der Waals surface area contributed by atoms with Crippen LogP contribution < -0.4 is 5.32 Å². The first kappa shape index (κ1) is 14.7. The summed E-state index contributed by atoms with van der Waals surface area (Å²) in [7, 11) is 0. The predicted octanol–water partition coefficient (Wildman–Crippen LogP) is 2.97. The number of hydrogen-bond donors (Lipinski definition) is 1. The van der Waals surface area contributed by atoms with E-state index in [1.807, 2.05) is 30.5 Å². The minimum Gasteiger partial charge on any atom is -0.466 e. The molecule has 0 bridgehead atoms. The lowest BCUT2D eigenvalue weighted by molar-refractivity contribution is -0.132. The summed E-state index contributed by atoms with van der Waals surface area (Å²) in [5.41, 5.74) is -0.232. The lowest BCUT2D eigenvalue weighted by Crippen LogP contribution is -2.40. The molecule has 22 heavy (non-hydrogen) atoms. The van der Waals surface area contributed by atoms with Gasteiger partial charge in [-0.3, -0.25) is 9.69 Å². The second kappa shape index (κ2) is 5.53. The molecule has 1 aliphatic rings. The highest BCUT2D eigenvalue weighted by Crippen LogP contribution is 2.30. The van der Waals surface area contributed by atoms with Gasteiger partial charge in [-0.25, -0.2) is 4.79 Å². The van der Waals surface area contributed by atoms with Crippen LogP contribution in [0.4, 0.5) is 4.79 Å². The van der Waals surface area contributed by atoms with E-state index in [0.29, 0.717) is 5.76 Å². The number of rotatable bonds is 4. The van der Waals surface area contributed by atoms with E-state index in [9.17, 15) is 9.59 Å². The van der Waals surface area contributed by atoms with Crippen molar-refractivity contribution < 1.29 is 14.0 Å². The van der Waals surface area contributed by atoms with Gasteiger partial charge in [-0.15, -0.1) is 11.8 Å². The number of amides is 3. The van der Waals surface area contributed by atoms with Gasteiger partial charge in [0.2, 0.25) is 0 Å². The third kappa shape index (κ3) is 2.39. The van der Waals surface area contributed by atoms with Gasteiger partial charge in [-0.1, -0.05) is 12.1 Å². The molecule has 1 atom stereocenters. The second-order valence-electron chi connectivity index (χ2n) is 5.27. The first-order chi connectivity index (χ1) is 10.5. The number of imide groups is 1. The molecule has 1 fully saturated rings. The van der Waals surface area contributed by atoms with Crippen LogP contribution >= 0.6 is 11.8 Å². The van der Waals surface area contributed by atoms with E-state index < -0.39 is 11.6 Å². The molecular weight excluding hydrogens is 300 g/mol. The Labute approximate surface area is 132 Å². The van der Waals surface area contributed by atoms with Crippen molar-refractivity contribution in [3.63, 3.8) is 0 Å². The van der Waals surface area contributed by atoms with Gasteiger partial charge in [-0.2, -0.15) is 0 Å². The molecule has 0 aliphatic carbocycles. The number of nitrogens with zero attached hydrogens (tertiary/aromatic N) is 1. The van der Waals surface area contributed by atoms with Crippen LogP contribution in [-0.2, 0) is 16.9 Å². The Kier molecular flexibility index (Phi) is 3.70. The van der Waals surface area contributed by atoms with Crippen molar-refractivity contribution in [3.8, 4) is 0 Å². The Hall–Kier alpha value is -2.21. The van der Waals surface area contributed by atoms with Crippen LogP contribution in [0.15, 0.2) is 52.0 Å². The Balaban J connectivity index is 1.82. The average Bonchev–Trinajstić information content (AvgIpc) is 3.13. The maximum Gasteiger partial charge on any atom is 0.325 e. The predicted molar refractivity (Wildman–Crippen MR) is 83.4 cm³/mol. The lowest BCUT2D eigenvalue weighted by Gasteiger charge is -2.19. The highest BCUT2D eigenvalue weighted by Gasteiger charge is 2.50.